The molecule has 2 heterocycles. The summed E-state index contributed by atoms with van der Waals surface area (Å²) in [6.07, 6.45) is 1.66. The van der Waals surface area contributed by atoms with Crippen LogP contribution < -0.4 is 0 Å². The Labute approximate surface area is 128 Å². The second-order valence-corrected chi connectivity index (χ2v) is 5.63. The Balaban J connectivity index is 2.34. The van der Waals surface area contributed by atoms with E-state index in [1.807, 2.05) is 19.1 Å². The summed E-state index contributed by atoms with van der Waals surface area (Å²) >= 11 is 9.28. The zero-order valence-electron chi connectivity index (χ0n) is 10.6. The van der Waals surface area contributed by atoms with E-state index in [4.69, 9.17) is 11.6 Å². The molecule has 1 aromatic carbocycles. The van der Waals surface area contributed by atoms with Gasteiger partial charge in [-0.1, -0.05) is 6.07 Å². The fourth-order valence-corrected chi connectivity index (χ4v) is 2.62. The van der Waals surface area contributed by atoms with Crippen LogP contribution in [0.5, 0.6) is 0 Å². The number of alkyl halides is 1. The van der Waals surface area contributed by atoms with E-state index in [0.29, 0.717) is 22.7 Å². The number of aromatic nitrogens is 3. The lowest BCUT2D eigenvalue weighted by Crippen LogP contribution is -2.03. The van der Waals surface area contributed by atoms with Gasteiger partial charge in [0.2, 0.25) is 0 Å². The molecule has 3 nitrogen and oxygen atoms in total. The maximum Gasteiger partial charge on any atom is 0.164 e. The Bertz CT molecular complexity index is 800. The van der Waals surface area contributed by atoms with Crippen molar-refractivity contribution in [2.75, 3.05) is 0 Å². The number of halogens is 3. The van der Waals surface area contributed by atoms with Gasteiger partial charge in [-0.15, -0.1) is 11.6 Å². The lowest BCUT2D eigenvalue weighted by molar-refractivity contribution is 0.616. The van der Waals surface area contributed by atoms with Crippen molar-refractivity contribution in [2.45, 2.75) is 12.8 Å². The fourth-order valence-electron chi connectivity index (χ4n) is 2.12. The van der Waals surface area contributed by atoms with Gasteiger partial charge in [0.05, 0.1) is 11.6 Å². The van der Waals surface area contributed by atoms with Crippen molar-refractivity contribution in [3.05, 3.63) is 52.1 Å². The highest BCUT2D eigenvalue weighted by atomic mass is 79.9. The van der Waals surface area contributed by atoms with Crippen LogP contribution in [0.3, 0.4) is 0 Å². The van der Waals surface area contributed by atoms with Crippen LogP contribution in [-0.4, -0.2) is 14.5 Å². The number of benzene rings is 1. The molecular weight excluding hydrogens is 345 g/mol. The molecule has 0 radical (unpaired) electrons. The summed E-state index contributed by atoms with van der Waals surface area (Å²) in [5.74, 6) is 0.428. The first-order chi connectivity index (χ1) is 9.60. The molecule has 0 spiro atoms. The van der Waals surface area contributed by atoms with Crippen LogP contribution in [0.2, 0.25) is 0 Å². The highest BCUT2D eigenvalue weighted by molar-refractivity contribution is 9.10. The van der Waals surface area contributed by atoms with Gasteiger partial charge in [-0.2, -0.15) is 0 Å². The standard InChI is InChI=1S/C14H10BrClFN3/c1-8-2-3-12(10(17)4-8)20-13(6-16)19-11-5-9(15)7-18-14(11)20/h2-5,7H,6H2,1H3. The Morgan fingerprint density at radius 1 is 1.35 bits per heavy atom. The Hall–Kier alpha value is -1.46. The Morgan fingerprint density at radius 2 is 2.15 bits per heavy atom. The van der Waals surface area contributed by atoms with Gasteiger partial charge < -0.3 is 0 Å². The van der Waals surface area contributed by atoms with Crippen LogP contribution in [0, 0.1) is 12.7 Å². The Kier molecular flexibility index (Phi) is 3.48. The molecule has 6 heteroatoms. The largest absolute Gasteiger partial charge is 0.277 e. The maximum atomic E-state index is 14.2. The summed E-state index contributed by atoms with van der Waals surface area (Å²) in [5, 5.41) is 0. The predicted octanol–water partition coefficient (Wildman–Crippen LogP) is 4.37. The highest BCUT2D eigenvalue weighted by Gasteiger charge is 2.16. The molecule has 3 rings (SSSR count). The molecule has 2 aromatic heterocycles. The highest BCUT2D eigenvalue weighted by Crippen LogP contribution is 2.25. The van der Waals surface area contributed by atoms with Gasteiger partial charge in [0, 0.05) is 10.7 Å². The van der Waals surface area contributed by atoms with Crippen LogP contribution >= 0.6 is 27.5 Å². The molecular formula is C14H10BrClFN3. The maximum absolute atomic E-state index is 14.2. The number of imidazole rings is 1. The number of nitrogens with zero attached hydrogens (tertiary/aromatic N) is 3. The van der Waals surface area contributed by atoms with E-state index >= 15 is 0 Å². The van der Waals surface area contributed by atoms with Crippen molar-refractivity contribution >= 4 is 38.7 Å². The van der Waals surface area contributed by atoms with Crippen LogP contribution in [-0.2, 0) is 5.88 Å². The third kappa shape index (κ3) is 2.21. The van der Waals surface area contributed by atoms with E-state index in [1.54, 1.807) is 16.8 Å². The normalized spacial score (nSPS) is 11.2. The number of hydrogen-bond acceptors (Lipinski definition) is 2. The summed E-state index contributed by atoms with van der Waals surface area (Å²) in [7, 11) is 0. The third-order valence-corrected chi connectivity index (χ3v) is 3.67. The van der Waals surface area contributed by atoms with Gasteiger partial charge in [-0.3, -0.25) is 4.57 Å². The van der Waals surface area contributed by atoms with Gasteiger partial charge in [0.15, 0.2) is 5.65 Å². The molecule has 102 valence electrons. The van der Waals surface area contributed by atoms with Crippen molar-refractivity contribution in [1.29, 1.82) is 0 Å². The van der Waals surface area contributed by atoms with Crippen molar-refractivity contribution in [2.24, 2.45) is 0 Å². The van der Waals surface area contributed by atoms with E-state index < -0.39 is 0 Å². The van der Waals surface area contributed by atoms with Gasteiger partial charge in [0.1, 0.15) is 17.2 Å². The average molecular weight is 355 g/mol. The van der Waals surface area contributed by atoms with Crippen molar-refractivity contribution < 1.29 is 4.39 Å². The number of hydrogen-bond donors (Lipinski definition) is 0. The molecule has 0 saturated carbocycles. The summed E-state index contributed by atoms with van der Waals surface area (Å²) < 4.78 is 16.7. The van der Waals surface area contributed by atoms with Gasteiger partial charge in [-0.25, -0.2) is 14.4 Å². The second kappa shape index (κ2) is 5.14. The van der Waals surface area contributed by atoms with Gasteiger partial charge >= 0.3 is 0 Å². The lowest BCUT2D eigenvalue weighted by Gasteiger charge is -2.09. The van der Waals surface area contributed by atoms with Gasteiger partial charge in [0.25, 0.3) is 0 Å². The zero-order chi connectivity index (χ0) is 14.3. The molecule has 0 aliphatic rings. The molecule has 20 heavy (non-hydrogen) atoms. The number of pyridine rings is 1. The molecule has 3 aromatic rings. The monoisotopic (exact) mass is 353 g/mol. The Morgan fingerprint density at radius 3 is 2.85 bits per heavy atom. The lowest BCUT2D eigenvalue weighted by atomic mass is 10.2. The van der Waals surface area contributed by atoms with Crippen molar-refractivity contribution in [1.82, 2.24) is 14.5 Å². The summed E-state index contributed by atoms with van der Waals surface area (Å²) in [4.78, 5) is 8.72. The van der Waals surface area contributed by atoms with Crippen LogP contribution in [0.1, 0.15) is 11.4 Å². The average Bonchev–Trinajstić information content (AvgIpc) is 2.76. The number of fused-ring (bicyclic) bond motifs is 1. The minimum atomic E-state index is -0.319. The number of rotatable bonds is 2. The van der Waals surface area contributed by atoms with Crippen molar-refractivity contribution in [3.8, 4) is 5.69 Å². The van der Waals surface area contributed by atoms with Crippen LogP contribution in [0.15, 0.2) is 34.9 Å². The summed E-state index contributed by atoms with van der Waals surface area (Å²) in [6, 6.07) is 6.88. The second-order valence-electron chi connectivity index (χ2n) is 4.45. The van der Waals surface area contributed by atoms with E-state index in [0.717, 1.165) is 10.0 Å². The smallest absolute Gasteiger partial charge is 0.164 e. The molecule has 0 aliphatic heterocycles. The van der Waals surface area contributed by atoms with E-state index in [2.05, 4.69) is 25.9 Å². The molecule has 0 amide bonds. The first-order valence-corrected chi connectivity index (χ1v) is 7.28. The first kappa shape index (κ1) is 13.5. The quantitative estimate of drug-likeness (QED) is 0.640. The molecule has 0 fully saturated rings. The number of aryl methyl sites for hydroxylation is 1. The minimum absolute atomic E-state index is 0.182. The van der Waals surface area contributed by atoms with E-state index in [9.17, 15) is 4.39 Å². The van der Waals surface area contributed by atoms with Crippen LogP contribution in [0.4, 0.5) is 4.39 Å². The summed E-state index contributed by atoms with van der Waals surface area (Å²) in [6.45, 7) is 1.84. The van der Waals surface area contributed by atoms with Gasteiger partial charge in [-0.05, 0) is 46.6 Å². The summed E-state index contributed by atoms with van der Waals surface area (Å²) in [5.41, 5.74) is 2.53. The fraction of sp³-hybridized carbons (Fsp3) is 0.143. The molecule has 0 saturated heterocycles. The molecule has 0 aliphatic carbocycles. The third-order valence-electron chi connectivity index (χ3n) is 3.00. The van der Waals surface area contributed by atoms with Crippen molar-refractivity contribution in [3.63, 3.8) is 0 Å². The topological polar surface area (TPSA) is 30.7 Å². The SMILES string of the molecule is Cc1ccc(-n2c(CCl)nc3cc(Br)cnc32)c(F)c1. The molecule has 0 N–H and O–H groups in total. The molecule has 0 bridgehead atoms. The minimum Gasteiger partial charge on any atom is -0.277 e. The van der Waals surface area contributed by atoms with Crippen LogP contribution in [0.25, 0.3) is 16.9 Å². The molecule has 0 unspecified atom stereocenters. The predicted molar refractivity (Wildman–Crippen MR) is 80.8 cm³/mol. The zero-order valence-corrected chi connectivity index (χ0v) is 12.9. The van der Waals surface area contributed by atoms with E-state index in [-0.39, 0.29) is 11.7 Å². The first-order valence-electron chi connectivity index (χ1n) is 5.95. The van der Waals surface area contributed by atoms with E-state index in [1.165, 1.54) is 6.07 Å². The molecule has 0 atom stereocenters.